The Morgan fingerprint density at radius 3 is 2.95 bits per heavy atom. The molecule has 0 unspecified atom stereocenters. The van der Waals surface area contributed by atoms with Crippen molar-refractivity contribution in [2.75, 3.05) is 19.7 Å². The summed E-state index contributed by atoms with van der Waals surface area (Å²) in [7, 11) is 0. The normalized spacial score (nSPS) is 17.5. The molecule has 1 aliphatic rings. The van der Waals surface area contributed by atoms with E-state index in [1.54, 1.807) is 12.1 Å². The maximum Gasteiger partial charge on any atom is 0.335 e. The van der Waals surface area contributed by atoms with E-state index in [1.807, 2.05) is 0 Å². The number of ether oxygens (including phenoxy) is 1. The standard InChI is InChI=1S/C15H18N2O5/c18-13-12(5-2-6-16-13)14(19)17-7-8-22-11-4-1-3-10(9-11)15(20)21/h1,3-4,9,12H,2,5-8H2,(H,16,18)(H,17,19)(H,20,21)/t12-/m0/s1. The van der Waals surface area contributed by atoms with Gasteiger partial charge in [-0.15, -0.1) is 0 Å². The molecule has 0 spiro atoms. The molecule has 7 nitrogen and oxygen atoms in total. The van der Waals surface area contributed by atoms with Crippen LogP contribution in [0.3, 0.4) is 0 Å². The highest BCUT2D eigenvalue weighted by Gasteiger charge is 2.28. The summed E-state index contributed by atoms with van der Waals surface area (Å²) in [5.74, 6) is -1.78. The van der Waals surface area contributed by atoms with Crippen LogP contribution in [0, 0.1) is 5.92 Å². The molecule has 0 saturated carbocycles. The van der Waals surface area contributed by atoms with Gasteiger partial charge >= 0.3 is 5.97 Å². The van der Waals surface area contributed by atoms with E-state index < -0.39 is 11.9 Å². The smallest absolute Gasteiger partial charge is 0.335 e. The van der Waals surface area contributed by atoms with Crippen LogP contribution in [0.5, 0.6) is 5.75 Å². The molecule has 0 bridgehead atoms. The summed E-state index contributed by atoms with van der Waals surface area (Å²) in [6.45, 7) is 1.06. The summed E-state index contributed by atoms with van der Waals surface area (Å²) in [6.07, 6.45) is 1.35. The van der Waals surface area contributed by atoms with Crippen molar-refractivity contribution in [2.45, 2.75) is 12.8 Å². The van der Waals surface area contributed by atoms with Crippen molar-refractivity contribution in [1.29, 1.82) is 0 Å². The summed E-state index contributed by atoms with van der Waals surface area (Å²) >= 11 is 0. The lowest BCUT2D eigenvalue weighted by atomic mass is 9.98. The van der Waals surface area contributed by atoms with E-state index in [4.69, 9.17) is 9.84 Å². The molecule has 0 aliphatic carbocycles. The van der Waals surface area contributed by atoms with Crippen LogP contribution in [0.25, 0.3) is 0 Å². The van der Waals surface area contributed by atoms with Crippen LogP contribution in [-0.2, 0) is 9.59 Å². The molecule has 1 aromatic rings. The Morgan fingerprint density at radius 2 is 2.23 bits per heavy atom. The van der Waals surface area contributed by atoms with E-state index in [1.165, 1.54) is 12.1 Å². The highest BCUT2D eigenvalue weighted by Crippen LogP contribution is 2.13. The van der Waals surface area contributed by atoms with Crippen LogP contribution < -0.4 is 15.4 Å². The van der Waals surface area contributed by atoms with Gasteiger partial charge in [-0.1, -0.05) is 6.07 Å². The van der Waals surface area contributed by atoms with Crippen LogP contribution in [0.2, 0.25) is 0 Å². The van der Waals surface area contributed by atoms with Gasteiger partial charge in [0.05, 0.1) is 12.1 Å². The number of carboxylic acids is 1. The van der Waals surface area contributed by atoms with Crippen molar-refractivity contribution in [3.8, 4) is 5.75 Å². The number of rotatable bonds is 6. The van der Waals surface area contributed by atoms with Crippen LogP contribution >= 0.6 is 0 Å². The Morgan fingerprint density at radius 1 is 1.41 bits per heavy atom. The van der Waals surface area contributed by atoms with Gasteiger partial charge in [-0.25, -0.2) is 4.79 Å². The number of carbonyl (C=O) groups is 3. The minimum absolute atomic E-state index is 0.139. The highest BCUT2D eigenvalue weighted by molar-refractivity contribution is 6.00. The van der Waals surface area contributed by atoms with Gasteiger partial charge in [-0.05, 0) is 31.0 Å². The molecule has 1 saturated heterocycles. The maximum absolute atomic E-state index is 11.9. The molecule has 1 fully saturated rings. The average molecular weight is 306 g/mol. The van der Waals surface area contributed by atoms with E-state index in [0.29, 0.717) is 18.7 Å². The van der Waals surface area contributed by atoms with Gasteiger partial charge in [0, 0.05) is 6.54 Å². The third-order valence-corrected chi connectivity index (χ3v) is 3.35. The lowest BCUT2D eigenvalue weighted by Crippen LogP contribution is -2.45. The SMILES string of the molecule is O=C(O)c1cccc(OCCNC(=O)[C@H]2CCCNC2=O)c1. The Hall–Kier alpha value is -2.57. The molecular formula is C15H18N2O5. The van der Waals surface area contributed by atoms with Gasteiger partial charge in [0.1, 0.15) is 18.3 Å². The summed E-state index contributed by atoms with van der Waals surface area (Å²) in [6, 6.07) is 6.12. The number of hydrogen-bond acceptors (Lipinski definition) is 4. The Labute approximate surface area is 127 Å². The molecule has 0 radical (unpaired) electrons. The molecule has 1 aromatic carbocycles. The second-order valence-corrected chi connectivity index (χ2v) is 4.96. The first-order chi connectivity index (χ1) is 10.6. The topological polar surface area (TPSA) is 105 Å². The first kappa shape index (κ1) is 15.8. The molecule has 1 heterocycles. The molecule has 2 rings (SSSR count). The van der Waals surface area contributed by atoms with Crippen molar-refractivity contribution in [1.82, 2.24) is 10.6 Å². The lowest BCUT2D eigenvalue weighted by molar-refractivity contribution is -0.136. The zero-order valence-corrected chi connectivity index (χ0v) is 12.0. The predicted octanol–water partition coefficient (Wildman–Crippen LogP) is 0.406. The molecule has 2 amide bonds. The number of carbonyl (C=O) groups excluding carboxylic acids is 2. The number of piperidine rings is 1. The largest absolute Gasteiger partial charge is 0.492 e. The fourth-order valence-corrected chi connectivity index (χ4v) is 2.21. The third-order valence-electron chi connectivity index (χ3n) is 3.35. The first-order valence-corrected chi connectivity index (χ1v) is 7.09. The monoisotopic (exact) mass is 306 g/mol. The highest BCUT2D eigenvalue weighted by atomic mass is 16.5. The van der Waals surface area contributed by atoms with Crippen LogP contribution in [0.15, 0.2) is 24.3 Å². The zero-order chi connectivity index (χ0) is 15.9. The van der Waals surface area contributed by atoms with Gasteiger partial charge in [0.15, 0.2) is 0 Å². The summed E-state index contributed by atoms with van der Waals surface area (Å²) in [5.41, 5.74) is 0.139. The molecule has 1 atom stereocenters. The fourth-order valence-electron chi connectivity index (χ4n) is 2.21. The molecule has 7 heteroatoms. The minimum atomic E-state index is -1.03. The Balaban J connectivity index is 1.75. The van der Waals surface area contributed by atoms with Crippen molar-refractivity contribution >= 4 is 17.8 Å². The van der Waals surface area contributed by atoms with Crippen molar-refractivity contribution in [3.63, 3.8) is 0 Å². The predicted molar refractivity (Wildman–Crippen MR) is 77.6 cm³/mol. The number of amides is 2. The molecule has 22 heavy (non-hydrogen) atoms. The first-order valence-electron chi connectivity index (χ1n) is 7.09. The summed E-state index contributed by atoms with van der Waals surface area (Å²) in [5, 5.41) is 14.2. The molecule has 118 valence electrons. The molecule has 1 aliphatic heterocycles. The van der Waals surface area contributed by atoms with E-state index in [9.17, 15) is 14.4 Å². The fraction of sp³-hybridized carbons (Fsp3) is 0.400. The minimum Gasteiger partial charge on any atom is -0.492 e. The third kappa shape index (κ3) is 4.21. The van der Waals surface area contributed by atoms with Crippen molar-refractivity contribution < 1.29 is 24.2 Å². The van der Waals surface area contributed by atoms with Gasteiger partial charge in [-0.3, -0.25) is 9.59 Å². The quantitative estimate of drug-likeness (QED) is 0.521. The number of hydrogen-bond donors (Lipinski definition) is 3. The molecule has 3 N–H and O–H groups in total. The van der Waals surface area contributed by atoms with E-state index in [0.717, 1.165) is 6.42 Å². The second kappa shape index (κ2) is 7.44. The van der Waals surface area contributed by atoms with E-state index in [2.05, 4.69) is 10.6 Å². The molecular weight excluding hydrogens is 288 g/mol. The molecule has 0 aromatic heterocycles. The Bertz CT molecular complexity index is 573. The van der Waals surface area contributed by atoms with Crippen molar-refractivity contribution in [3.05, 3.63) is 29.8 Å². The maximum atomic E-state index is 11.9. The van der Waals surface area contributed by atoms with E-state index >= 15 is 0 Å². The number of benzene rings is 1. The van der Waals surface area contributed by atoms with Gasteiger partial charge in [0.2, 0.25) is 11.8 Å². The summed E-state index contributed by atoms with van der Waals surface area (Å²) in [4.78, 5) is 34.2. The number of nitrogens with one attached hydrogen (secondary N) is 2. The second-order valence-electron chi connectivity index (χ2n) is 4.96. The van der Waals surface area contributed by atoms with Crippen LogP contribution in [0.4, 0.5) is 0 Å². The summed E-state index contributed by atoms with van der Waals surface area (Å²) < 4.78 is 5.38. The zero-order valence-electron chi connectivity index (χ0n) is 12.0. The van der Waals surface area contributed by atoms with Crippen LogP contribution in [0.1, 0.15) is 23.2 Å². The Kier molecular flexibility index (Phi) is 5.35. The van der Waals surface area contributed by atoms with Crippen LogP contribution in [-0.4, -0.2) is 42.6 Å². The number of carboxylic acid groups (broad SMARTS) is 1. The lowest BCUT2D eigenvalue weighted by Gasteiger charge is -2.21. The van der Waals surface area contributed by atoms with Crippen molar-refractivity contribution in [2.24, 2.45) is 5.92 Å². The van der Waals surface area contributed by atoms with Gasteiger partial charge in [0.25, 0.3) is 0 Å². The van der Waals surface area contributed by atoms with E-state index in [-0.39, 0.29) is 30.5 Å². The van der Waals surface area contributed by atoms with Gasteiger partial charge in [-0.2, -0.15) is 0 Å². The number of aromatic carboxylic acids is 1. The average Bonchev–Trinajstić information content (AvgIpc) is 2.52. The van der Waals surface area contributed by atoms with Gasteiger partial charge < -0.3 is 20.5 Å².